The van der Waals surface area contributed by atoms with Crippen molar-refractivity contribution in [2.45, 2.75) is 31.7 Å². The summed E-state index contributed by atoms with van der Waals surface area (Å²) < 4.78 is 11.1. The summed E-state index contributed by atoms with van der Waals surface area (Å²) >= 11 is 0. The zero-order valence-corrected chi connectivity index (χ0v) is 10.9. The van der Waals surface area contributed by atoms with E-state index in [1.54, 1.807) is 0 Å². The van der Waals surface area contributed by atoms with Gasteiger partial charge in [-0.1, -0.05) is 31.0 Å². The van der Waals surface area contributed by atoms with Gasteiger partial charge in [0.15, 0.2) is 0 Å². The molecule has 0 aliphatic heterocycles. The number of hydrogen-bond acceptors (Lipinski definition) is 3. The molecule has 1 aromatic carbocycles. The van der Waals surface area contributed by atoms with Gasteiger partial charge in [0.1, 0.15) is 12.4 Å². The SMILES string of the molecule is NC(COCCOc1ccccc1)C1CCCC1. The van der Waals surface area contributed by atoms with Crippen molar-refractivity contribution < 1.29 is 9.47 Å². The summed E-state index contributed by atoms with van der Waals surface area (Å²) in [6.45, 7) is 1.85. The monoisotopic (exact) mass is 249 g/mol. The van der Waals surface area contributed by atoms with Crippen LogP contribution in [0.4, 0.5) is 0 Å². The third-order valence-electron chi connectivity index (χ3n) is 3.56. The molecule has 0 amide bonds. The van der Waals surface area contributed by atoms with Crippen molar-refractivity contribution in [2.24, 2.45) is 11.7 Å². The number of benzene rings is 1. The van der Waals surface area contributed by atoms with E-state index >= 15 is 0 Å². The normalized spacial score (nSPS) is 17.8. The maximum absolute atomic E-state index is 6.11. The van der Waals surface area contributed by atoms with Gasteiger partial charge in [0, 0.05) is 6.04 Å². The number of nitrogens with two attached hydrogens (primary N) is 1. The molecule has 0 bridgehead atoms. The van der Waals surface area contributed by atoms with Crippen molar-refractivity contribution in [3.05, 3.63) is 30.3 Å². The molecule has 1 aliphatic carbocycles. The summed E-state index contributed by atoms with van der Waals surface area (Å²) in [6.07, 6.45) is 5.20. The van der Waals surface area contributed by atoms with E-state index in [9.17, 15) is 0 Å². The Hall–Kier alpha value is -1.06. The van der Waals surface area contributed by atoms with Crippen molar-refractivity contribution in [1.29, 1.82) is 0 Å². The van der Waals surface area contributed by atoms with Gasteiger partial charge in [0.05, 0.1) is 13.2 Å². The molecule has 0 heterocycles. The molecule has 1 aromatic rings. The number of para-hydroxylation sites is 1. The zero-order valence-electron chi connectivity index (χ0n) is 10.9. The van der Waals surface area contributed by atoms with Crippen LogP contribution in [0.3, 0.4) is 0 Å². The summed E-state index contributed by atoms with van der Waals surface area (Å²) in [5, 5.41) is 0. The fraction of sp³-hybridized carbons (Fsp3) is 0.600. The first kappa shape index (κ1) is 13.4. The average molecular weight is 249 g/mol. The predicted octanol–water partition coefficient (Wildman–Crippen LogP) is 2.60. The smallest absolute Gasteiger partial charge is 0.119 e. The fourth-order valence-corrected chi connectivity index (χ4v) is 2.48. The lowest BCUT2D eigenvalue weighted by molar-refractivity contribution is 0.0797. The van der Waals surface area contributed by atoms with E-state index in [-0.39, 0.29) is 6.04 Å². The van der Waals surface area contributed by atoms with Crippen LogP contribution in [0.1, 0.15) is 25.7 Å². The second-order valence-corrected chi connectivity index (χ2v) is 4.94. The number of ether oxygens (including phenoxy) is 2. The van der Waals surface area contributed by atoms with E-state index < -0.39 is 0 Å². The van der Waals surface area contributed by atoms with Crippen molar-refractivity contribution >= 4 is 0 Å². The summed E-state index contributed by atoms with van der Waals surface area (Å²) in [6, 6.07) is 10.0. The Morgan fingerprint density at radius 2 is 1.83 bits per heavy atom. The van der Waals surface area contributed by atoms with Crippen LogP contribution >= 0.6 is 0 Å². The summed E-state index contributed by atoms with van der Waals surface area (Å²) in [5.74, 6) is 1.56. The predicted molar refractivity (Wildman–Crippen MR) is 72.7 cm³/mol. The Labute approximate surface area is 109 Å². The van der Waals surface area contributed by atoms with Crippen molar-refractivity contribution in [1.82, 2.24) is 0 Å². The Balaban J connectivity index is 1.53. The van der Waals surface area contributed by atoms with Crippen LogP contribution in [0.15, 0.2) is 30.3 Å². The van der Waals surface area contributed by atoms with Crippen LogP contribution < -0.4 is 10.5 Å². The van der Waals surface area contributed by atoms with E-state index in [0.29, 0.717) is 25.7 Å². The molecule has 0 aromatic heterocycles. The van der Waals surface area contributed by atoms with Crippen LogP contribution in [-0.2, 0) is 4.74 Å². The van der Waals surface area contributed by atoms with Gasteiger partial charge in [0.25, 0.3) is 0 Å². The molecule has 1 saturated carbocycles. The second-order valence-electron chi connectivity index (χ2n) is 4.94. The van der Waals surface area contributed by atoms with E-state index in [0.717, 1.165) is 5.75 Å². The standard InChI is InChI=1S/C15H23NO2/c16-15(13-6-4-5-7-13)12-17-10-11-18-14-8-2-1-3-9-14/h1-3,8-9,13,15H,4-7,10-12,16H2. The highest BCUT2D eigenvalue weighted by Gasteiger charge is 2.21. The molecule has 1 unspecified atom stereocenters. The summed E-state index contributed by atoms with van der Waals surface area (Å²) in [5.41, 5.74) is 6.11. The molecule has 1 atom stereocenters. The topological polar surface area (TPSA) is 44.5 Å². The molecular weight excluding hydrogens is 226 g/mol. The van der Waals surface area contributed by atoms with Crippen LogP contribution in [-0.4, -0.2) is 25.9 Å². The molecule has 3 heteroatoms. The van der Waals surface area contributed by atoms with Gasteiger partial charge in [-0.3, -0.25) is 0 Å². The van der Waals surface area contributed by atoms with Crippen LogP contribution in [0.5, 0.6) is 5.75 Å². The van der Waals surface area contributed by atoms with Gasteiger partial charge in [0.2, 0.25) is 0 Å². The number of rotatable bonds is 7. The third-order valence-corrected chi connectivity index (χ3v) is 3.56. The quantitative estimate of drug-likeness (QED) is 0.755. The first-order valence-electron chi connectivity index (χ1n) is 6.87. The summed E-state index contributed by atoms with van der Waals surface area (Å²) in [7, 11) is 0. The highest BCUT2D eigenvalue weighted by Crippen LogP contribution is 2.26. The highest BCUT2D eigenvalue weighted by molar-refractivity contribution is 5.20. The maximum Gasteiger partial charge on any atom is 0.119 e. The van der Waals surface area contributed by atoms with Gasteiger partial charge in [-0.05, 0) is 30.9 Å². The minimum absolute atomic E-state index is 0.198. The maximum atomic E-state index is 6.11. The van der Waals surface area contributed by atoms with E-state index in [1.165, 1.54) is 25.7 Å². The van der Waals surface area contributed by atoms with Crippen molar-refractivity contribution in [3.8, 4) is 5.75 Å². The second kappa shape index (κ2) is 7.39. The van der Waals surface area contributed by atoms with E-state index in [4.69, 9.17) is 15.2 Å². The molecule has 2 rings (SSSR count). The lowest BCUT2D eigenvalue weighted by Crippen LogP contribution is -2.33. The van der Waals surface area contributed by atoms with E-state index in [2.05, 4.69) is 0 Å². The van der Waals surface area contributed by atoms with Gasteiger partial charge in [-0.15, -0.1) is 0 Å². The largest absolute Gasteiger partial charge is 0.491 e. The Morgan fingerprint density at radius 3 is 2.56 bits per heavy atom. The Morgan fingerprint density at radius 1 is 1.11 bits per heavy atom. The molecule has 1 aliphatic rings. The molecule has 18 heavy (non-hydrogen) atoms. The van der Waals surface area contributed by atoms with Gasteiger partial charge in [-0.25, -0.2) is 0 Å². The molecule has 0 radical (unpaired) electrons. The number of hydrogen-bond donors (Lipinski definition) is 1. The van der Waals surface area contributed by atoms with Crippen LogP contribution in [0.25, 0.3) is 0 Å². The average Bonchev–Trinajstić information content (AvgIpc) is 2.93. The first-order valence-corrected chi connectivity index (χ1v) is 6.87. The van der Waals surface area contributed by atoms with E-state index in [1.807, 2.05) is 30.3 Å². The van der Waals surface area contributed by atoms with Gasteiger partial charge >= 0.3 is 0 Å². The molecule has 0 spiro atoms. The highest BCUT2D eigenvalue weighted by atomic mass is 16.5. The van der Waals surface area contributed by atoms with Crippen LogP contribution in [0, 0.1) is 5.92 Å². The molecule has 0 saturated heterocycles. The molecule has 2 N–H and O–H groups in total. The zero-order chi connectivity index (χ0) is 12.6. The van der Waals surface area contributed by atoms with Crippen molar-refractivity contribution in [3.63, 3.8) is 0 Å². The van der Waals surface area contributed by atoms with Gasteiger partial charge < -0.3 is 15.2 Å². The lowest BCUT2D eigenvalue weighted by Gasteiger charge is -2.18. The van der Waals surface area contributed by atoms with Crippen LogP contribution in [0.2, 0.25) is 0 Å². The third kappa shape index (κ3) is 4.31. The Bertz CT molecular complexity index is 323. The first-order chi connectivity index (χ1) is 8.86. The fourth-order valence-electron chi connectivity index (χ4n) is 2.48. The minimum atomic E-state index is 0.198. The lowest BCUT2D eigenvalue weighted by atomic mass is 10.00. The molecular formula is C15H23NO2. The molecule has 3 nitrogen and oxygen atoms in total. The van der Waals surface area contributed by atoms with Crippen molar-refractivity contribution in [2.75, 3.05) is 19.8 Å². The molecule has 1 fully saturated rings. The summed E-state index contributed by atoms with van der Waals surface area (Å²) in [4.78, 5) is 0. The van der Waals surface area contributed by atoms with Gasteiger partial charge in [-0.2, -0.15) is 0 Å². The molecule has 100 valence electrons. The minimum Gasteiger partial charge on any atom is -0.491 e. The Kier molecular flexibility index (Phi) is 5.49.